The maximum Gasteiger partial charge on any atom is 0.166 e. The van der Waals surface area contributed by atoms with Crippen LogP contribution in [0.3, 0.4) is 0 Å². The Morgan fingerprint density at radius 1 is 0.953 bits per heavy atom. The summed E-state index contributed by atoms with van der Waals surface area (Å²) in [6, 6.07) is 21.2. The summed E-state index contributed by atoms with van der Waals surface area (Å²) >= 11 is 9.41. The second-order valence-electron chi connectivity index (χ2n) is 13.6. The van der Waals surface area contributed by atoms with E-state index in [1.165, 1.54) is 12.0 Å². The Hall–Kier alpha value is -2.07. The highest BCUT2D eigenvalue weighted by atomic mass is 79.9. The first-order chi connectivity index (χ1) is 20.1. The molecule has 2 aromatic heterocycles. The van der Waals surface area contributed by atoms with Gasteiger partial charge in [0.05, 0.1) is 16.6 Å². The number of aliphatic hydroxyl groups is 1. The van der Waals surface area contributed by atoms with Crippen molar-refractivity contribution in [3.05, 3.63) is 98.9 Å². The van der Waals surface area contributed by atoms with Crippen molar-refractivity contribution in [1.29, 1.82) is 0 Å². The highest BCUT2D eigenvalue weighted by molar-refractivity contribution is 9.10. The van der Waals surface area contributed by atoms with Crippen molar-refractivity contribution in [3.8, 4) is 0 Å². The van der Waals surface area contributed by atoms with Gasteiger partial charge >= 0.3 is 0 Å². The van der Waals surface area contributed by atoms with Gasteiger partial charge in [-0.1, -0.05) is 90.0 Å². The Morgan fingerprint density at radius 3 is 2.16 bits per heavy atom. The van der Waals surface area contributed by atoms with E-state index in [2.05, 4.69) is 102 Å². The highest BCUT2D eigenvalue weighted by Gasteiger charge is 2.44. The molecule has 1 aliphatic rings. The number of hydrogen-bond donors (Lipinski definition) is 1. The van der Waals surface area contributed by atoms with Crippen LogP contribution in [-0.4, -0.2) is 41.2 Å². The van der Waals surface area contributed by atoms with Gasteiger partial charge in [-0.15, -0.1) is 10.2 Å². The summed E-state index contributed by atoms with van der Waals surface area (Å²) < 4.78 is 15.2. The molecule has 9 heteroatoms. The van der Waals surface area contributed by atoms with Crippen LogP contribution in [0.4, 0.5) is 0 Å². The Kier molecular flexibility index (Phi) is 10.6. The molecule has 1 aliphatic carbocycles. The Morgan fingerprint density at radius 2 is 1.60 bits per heavy atom. The number of halogens is 2. The zero-order valence-corrected chi connectivity index (χ0v) is 29.8. The van der Waals surface area contributed by atoms with Crippen LogP contribution in [0.5, 0.6) is 0 Å². The molecule has 0 atom stereocenters. The number of ether oxygens (including phenoxy) is 2. The Labute approximate surface area is 270 Å². The molecule has 5 rings (SSSR count). The Bertz CT molecular complexity index is 1510. The second-order valence-corrected chi connectivity index (χ2v) is 20.6. The lowest BCUT2D eigenvalue weighted by Gasteiger charge is -2.41. The summed E-state index contributed by atoms with van der Waals surface area (Å²) in [7, 11) is -1.10. The first-order valence-corrected chi connectivity index (χ1v) is 19.8. The molecule has 0 aliphatic heterocycles. The average molecular weight is 687 g/mol. The summed E-state index contributed by atoms with van der Waals surface area (Å²) in [5.74, 6) is 1.02. The van der Waals surface area contributed by atoms with Crippen LogP contribution in [-0.2, 0) is 26.1 Å². The summed E-state index contributed by atoms with van der Waals surface area (Å²) in [5, 5.41) is 19.6. The van der Waals surface area contributed by atoms with Gasteiger partial charge in [-0.3, -0.25) is 4.40 Å². The SMILES string of the molecule is CC(C)(O)c1ccccc1Cl.CC(C)(OCOCC[Si](C)(C)C)c1cccn2c(C3(c4ccc(Br)cc4)CCC3)nnc12. The third kappa shape index (κ3) is 8.15. The van der Waals surface area contributed by atoms with E-state index in [1.54, 1.807) is 19.9 Å². The molecule has 2 aromatic carbocycles. The monoisotopic (exact) mass is 685 g/mol. The van der Waals surface area contributed by atoms with Crippen LogP contribution in [0.2, 0.25) is 30.7 Å². The van der Waals surface area contributed by atoms with Gasteiger partial charge in [0, 0.05) is 41.5 Å². The van der Waals surface area contributed by atoms with Crippen molar-refractivity contribution in [2.24, 2.45) is 0 Å². The van der Waals surface area contributed by atoms with Crippen molar-refractivity contribution in [3.63, 3.8) is 0 Å². The van der Waals surface area contributed by atoms with Crippen LogP contribution in [0.25, 0.3) is 5.65 Å². The van der Waals surface area contributed by atoms with E-state index in [0.717, 1.165) is 52.6 Å². The zero-order chi connectivity index (χ0) is 31.5. The van der Waals surface area contributed by atoms with Crippen LogP contribution >= 0.6 is 27.5 Å². The molecule has 0 unspecified atom stereocenters. The number of nitrogens with zero attached hydrogens (tertiary/aromatic N) is 3. The van der Waals surface area contributed by atoms with Crippen molar-refractivity contribution in [2.75, 3.05) is 13.4 Å². The molecular formula is C34H45BrClN3O3Si. The lowest BCUT2D eigenvalue weighted by Crippen LogP contribution is -2.37. The maximum atomic E-state index is 9.59. The lowest BCUT2D eigenvalue weighted by atomic mass is 9.64. The van der Waals surface area contributed by atoms with Gasteiger partial charge in [0.2, 0.25) is 0 Å². The molecule has 1 saturated carbocycles. The molecule has 0 amide bonds. The third-order valence-corrected chi connectivity index (χ3v) is 10.7. The summed E-state index contributed by atoms with van der Waals surface area (Å²) in [4.78, 5) is 0. The number of benzene rings is 2. The van der Waals surface area contributed by atoms with E-state index in [-0.39, 0.29) is 12.2 Å². The first kappa shape index (κ1) is 33.8. The number of hydrogen-bond acceptors (Lipinski definition) is 5. The molecule has 4 aromatic rings. The van der Waals surface area contributed by atoms with Crippen molar-refractivity contribution in [1.82, 2.24) is 14.6 Å². The van der Waals surface area contributed by atoms with E-state index < -0.39 is 19.3 Å². The van der Waals surface area contributed by atoms with Gasteiger partial charge in [0.25, 0.3) is 0 Å². The summed E-state index contributed by atoms with van der Waals surface area (Å²) in [5.41, 5.74) is 2.49. The van der Waals surface area contributed by atoms with Crippen LogP contribution in [0.1, 0.15) is 69.5 Å². The maximum absolute atomic E-state index is 9.59. The molecule has 0 radical (unpaired) electrons. The predicted octanol–water partition coefficient (Wildman–Crippen LogP) is 9.09. The molecule has 1 fully saturated rings. The quantitative estimate of drug-likeness (QED) is 0.102. The molecule has 0 spiro atoms. The fourth-order valence-electron chi connectivity index (χ4n) is 5.31. The standard InChI is InChI=1S/C25H34BrN3O2Si.C9H11ClO/c1-24(2,31-18-30-16-17-32(3,4)5)21-8-6-15-29-22(21)27-28-23(29)25(13-7-14-25)19-9-11-20(26)12-10-19;1-9(2,11)7-5-3-4-6-8(7)10/h6,8-12,15H,7,13-14,16-18H2,1-5H3;3-6,11H,1-2H3. The molecule has 6 nitrogen and oxygen atoms in total. The van der Waals surface area contributed by atoms with Crippen LogP contribution in [0.15, 0.2) is 71.3 Å². The van der Waals surface area contributed by atoms with Gasteiger partial charge in [0.15, 0.2) is 5.65 Å². The predicted molar refractivity (Wildman–Crippen MR) is 182 cm³/mol. The van der Waals surface area contributed by atoms with Crippen molar-refractivity contribution in [2.45, 2.75) is 89.3 Å². The van der Waals surface area contributed by atoms with Gasteiger partial charge in [-0.2, -0.15) is 0 Å². The van der Waals surface area contributed by atoms with Gasteiger partial charge in [0.1, 0.15) is 12.6 Å². The molecule has 0 bridgehead atoms. The van der Waals surface area contributed by atoms with Gasteiger partial charge < -0.3 is 14.6 Å². The number of rotatable bonds is 10. The first-order valence-electron chi connectivity index (χ1n) is 14.9. The third-order valence-electron chi connectivity index (χ3n) is 8.15. The van der Waals surface area contributed by atoms with E-state index in [1.807, 2.05) is 18.2 Å². The van der Waals surface area contributed by atoms with E-state index in [4.69, 9.17) is 26.2 Å². The molecule has 0 saturated heterocycles. The fourth-order valence-corrected chi connectivity index (χ4v) is 6.70. The van der Waals surface area contributed by atoms with E-state index in [0.29, 0.717) is 5.02 Å². The minimum absolute atomic E-state index is 0.0797. The average Bonchev–Trinajstić information content (AvgIpc) is 3.32. The van der Waals surface area contributed by atoms with Crippen molar-refractivity contribution >= 4 is 41.3 Å². The van der Waals surface area contributed by atoms with Gasteiger partial charge in [-0.05, 0) is 76.4 Å². The normalized spacial score (nSPS) is 15.1. The number of fused-ring (bicyclic) bond motifs is 1. The van der Waals surface area contributed by atoms with Crippen molar-refractivity contribution < 1.29 is 14.6 Å². The topological polar surface area (TPSA) is 68.9 Å². The molecule has 232 valence electrons. The summed E-state index contributed by atoms with van der Waals surface area (Å²) in [6.07, 6.45) is 5.45. The zero-order valence-electron chi connectivity index (χ0n) is 26.5. The molecule has 2 heterocycles. The number of aromatic nitrogens is 3. The van der Waals surface area contributed by atoms with Gasteiger partial charge in [-0.25, -0.2) is 0 Å². The lowest BCUT2D eigenvalue weighted by molar-refractivity contribution is -0.128. The molecule has 43 heavy (non-hydrogen) atoms. The van der Waals surface area contributed by atoms with E-state index in [9.17, 15) is 5.11 Å². The minimum Gasteiger partial charge on any atom is -0.386 e. The van der Waals surface area contributed by atoms with Crippen LogP contribution < -0.4 is 0 Å². The summed E-state index contributed by atoms with van der Waals surface area (Å²) in [6.45, 7) is 15.7. The van der Waals surface area contributed by atoms with Crippen LogP contribution in [0, 0.1) is 0 Å². The molecular weight excluding hydrogens is 642 g/mol. The second kappa shape index (κ2) is 13.5. The highest BCUT2D eigenvalue weighted by Crippen LogP contribution is 2.48. The fraction of sp³-hybridized carbons (Fsp3) is 0.471. The van der Waals surface area contributed by atoms with E-state index >= 15 is 0 Å². The largest absolute Gasteiger partial charge is 0.386 e. The molecule has 1 N–H and O–H groups in total. The Balaban J connectivity index is 0.000000324. The minimum atomic E-state index is -1.10. The number of pyridine rings is 1. The smallest absolute Gasteiger partial charge is 0.166 e.